The van der Waals surface area contributed by atoms with Crippen molar-refractivity contribution < 1.29 is 0 Å². The number of benzene rings is 1. The van der Waals surface area contributed by atoms with Crippen LogP contribution in [0.5, 0.6) is 0 Å². The van der Waals surface area contributed by atoms with Gasteiger partial charge < -0.3 is 0 Å². The average Bonchev–Trinajstić information content (AvgIpc) is 2.89. The highest BCUT2D eigenvalue weighted by molar-refractivity contribution is 5.53. The van der Waals surface area contributed by atoms with Crippen LogP contribution in [0.4, 0.5) is 0 Å². The van der Waals surface area contributed by atoms with E-state index in [0.717, 1.165) is 11.8 Å². The van der Waals surface area contributed by atoms with Crippen molar-refractivity contribution in [2.45, 2.75) is 19.3 Å². The predicted octanol–water partition coefficient (Wildman–Crippen LogP) is 4.06. The van der Waals surface area contributed by atoms with Gasteiger partial charge >= 0.3 is 0 Å². The zero-order chi connectivity index (χ0) is 10.1. The van der Waals surface area contributed by atoms with Gasteiger partial charge in [0.25, 0.3) is 0 Å². The lowest BCUT2D eigenvalue weighted by Crippen LogP contribution is -1.93. The van der Waals surface area contributed by atoms with E-state index in [9.17, 15) is 0 Å². The number of rotatable bonds is 2. The molecule has 1 aromatic rings. The lowest BCUT2D eigenvalue weighted by atomic mass is 9.97. The summed E-state index contributed by atoms with van der Waals surface area (Å²) < 4.78 is 0. The fourth-order valence-electron chi connectivity index (χ4n) is 2.83. The summed E-state index contributed by atoms with van der Waals surface area (Å²) in [5.74, 6) is 1.76. The molecular weight excluding hydrogens is 180 g/mol. The molecule has 0 amide bonds. The molecule has 76 valence electrons. The normalized spacial score (nSPS) is 28.7. The van der Waals surface area contributed by atoms with Crippen LogP contribution in [0, 0.1) is 11.8 Å². The molecule has 2 atom stereocenters. The number of fused-ring (bicyclic) bond motifs is 2. The molecular formula is C15H16. The molecule has 0 spiro atoms. The fourth-order valence-corrected chi connectivity index (χ4v) is 2.83. The van der Waals surface area contributed by atoms with E-state index >= 15 is 0 Å². The monoisotopic (exact) mass is 196 g/mol. The third-order valence-electron chi connectivity index (χ3n) is 3.64. The van der Waals surface area contributed by atoms with Gasteiger partial charge in [0, 0.05) is 0 Å². The quantitative estimate of drug-likeness (QED) is 0.669. The molecule has 2 unspecified atom stereocenters. The second-order valence-electron chi connectivity index (χ2n) is 4.68. The second-order valence-corrected chi connectivity index (χ2v) is 4.68. The van der Waals surface area contributed by atoms with E-state index in [2.05, 4.69) is 48.6 Å². The Hall–Kier alpha value is -1.30. The summed E-state index contributed by atoms with van der Waals surface area (Å²) in [6.45, 7) is 0. The first-order chi connectivity index (χ1) is 7.42. The molecule has 1 fully saturated rings. The molecule has 0 N–H and O–H groups in total. The Morgan fingerprint density at radius 1 is 1.00 bits per heavy atom. The maximum absolute atomic E-state index is 2.48. The zero-order valence-electron chi connectivity index (χ0n) is 8.89. The van der Waals surface area contributed by atoms with Crippen molar-refractivity contribution in [2.75, 3.05) is 0 Å². The molecule has 0 aromatic heterocycles. The third kappa shape index (κ3) is 1.77. The van der Waals surface area contributed by atoms with Gasteiger partial charge in [-0.05, 0) is 42.2 Å². The summed E-state index contributed by atoms with van der Waals surface area (Å²) in [5.41, 5.74) is 2.89. The summed E-state index contributed by atoms with van der Waals surface area (Å²) in [6.07, 6.45) is 11.3. The number of hydrogen-bond donors (Lipinski definition) is 0. The van der Waals surface area contributed by atoms with Gasteiger partial charge in [-0.3, -0.25) is 0 Å². The lowest BCUT2D eigenvalue weighted by molar-refractivity contribution is 0.672. The topological polar surface area (TPSA) is 0 Å². The Labute approximate surface area is 91.3 Å². The van der Waals surface area contributed by atoms with Crippen LogP contribution in [0.3, 0.4) is 0 Å². The summed E-state index contributed by atoms with van der Waals surface area (Å²) in [6, 6.07) is 10.6. The van der Waals surface area contributed by atoms with Crippen molar-refractivity contribution in [2.24, 2.45) is 11.8 Å². The maximum atomic E-state index is 2.48. The fraction of sp³-hybridized carbons (Fsp3) is 0.333. The Morgan fingerprint density at radius 2 is 1.87 bits per heavy atom. The standard InChI is InChI=1S/C15H16/c1-2-4-12(5-3-1)6-8-14-10-13-7-9-15(14)11-13/h1-6,8,10,13,15H,7,9,11H2. The van der Waals surface area contributed by atoms with E-state index in [4.69, 9.17) is 0 Å². The van der Waals surface area contributed by atoms with E-state index in [1.165, 1.54) is 24.8 Å². The maximum Gasteiger partial charge on any atom is -0.0159 e. The first-order valence-electron chi connectivity index (χ1n) is 5.87. The van der Waals surface area contributed by atoms with E-state index < -0.39 is 0 Å². The van der Waals surface area contributed by atoms with Crippen LogP contribution in [0.1, 0.15) is 24.8 Å². The van der Waals surface area contributed by atoms with E-state index in [1.807, 2.05) is 0 Å². The van der Waals surface area contributed by atoms with Crippen LogP contribution in [0.15, 0.2) is 48.1 Å². The Morgan fingerprint density at radius 3 is 2.53 bits per heavy atom. The van der Waals surface area contributed by atoms with Crippen LogP contribution in [0.25, 0.3) is 6.08 Å². The molecule has 0 nitrogen and oxygen atoms in total. The van der Waals surface area contributed by atoms with Crippen molar-refractivity contribution in [3.63, 3.8) is 0 Å². The lowest BCUT2D eigenvalue weighted by Gasteiger charge is -2.08. The Balaban J connectivity index is 1.76. The largest absolute Gasteiger partial charge is 0.0779 e. The number of allylic oxidation sites excluding steroid dienone is 3. The molecule has 3 rings (SSSR count). The van der Waals surface area contributed by atoms with E-state index in [1.54, 1.807) is 5.57 Å². The van der Waals surface area contributed by atoms with Gasteiger partial charge in [-0.15, -0.1) is 0 Å². The zero-order valence-corrected chi connectivity index (χ0v) is 8.89. The minimum Gasteiger partial charge on any atom is -0.0779 e. The van der Waals surface area contributed by atoms with Gasteiger partial charge in [0.15, 0.2) is 0 Å². The summed E-state index contributed by atoms with van der Waals surface area (Å²) >= 11 is 0. The second kappa shape index (κ2) is 3.69. The first kappa shape index (κ1) is 8.96. The van der Waals surface area contributed by atoms with E-state index in [-0.39, 0.29) is 0 Å². The van der Waals surface area contributed by atoms with Gasteiger partial charge in [0.05, 0.1) is 0 Å². The van der Waals surface area contributed by atoms with Crippen molar-refractivity contribution in [1.82, 2.24) is 0 Å². The highest BCUT2D eigenvalue weighted by Crippen LogP contribution is 2.44. The highest BCUT2D eigenvalue weighted by Gasteiger charge is 2.31. The van der Waals surface area contributed by atoms with Gasteiger partial charge in [0.1, 0.15) is 0 Å². The van der Waals surface area contributed by atoms with Gasteiger partial charge in [-0.1, -0.05) is 48.6 Å². The number of hydrogen-bond acceptors (Lipinski definition) is 0. The summed E-state index contributed by atoms with van der Waals surface area (Å²) in [5, 5.41) is 0. The molecule has 0 saturated heterocycles. The average molecular weight is 196 g/mol. The summed E-state index contributed by atoms with van der Waals surface area (Å²) in [4.78, 5) is 0. The van der Waals surface area contributed by atoms with Crippen molar-refractivity contribution >= 4 is 6.08 Å². The van der Waals surface area contributed by atoms with Gasteiger partial charge in [0.2, 0.25) is 0 Å². The summed E-state index contributed by atoms with van der Waals surface area (Å²) in [7, 11) is 0. The molecule has 0 heteroatoms. The van der Waals surface area contributed by atoms with Crippen molar-refractivity contribution in [3.05, 3.63) is 53.6 Å². The predicted molar refractivity (Wildman–Crippen MR) is 64.4 cm³/mol. The molecule has 0 heterocycles. The molecule has 1 aromatic carbocycles. The minimum atomic E-state index is 0.870. The van der Waals surface area contributed by atoms with Gasteiger partial charge in [-0.2, -0.15) is 0 Å². The van der Waals surface area contributed by atoms with Crippen molar-refractivity contribution in [3.8, 4) is 0 Å². The SMILES string of the molecule is C(=Cc1ccccc1)C1=CC2CCC1C2. The van der Waals surface area contributed by atoms with E-state index in [0.29, 0.717) is 0 Å². The van der Waals surface area contributed by atoms with Crippen LogP contribution in [-0.2, 0) is 0 Å². The van der Waals surface area contributed by atoms with Crippen LogP contribution >= 0.6 is 0 Å². The van der Waals surface area contributed by atoms with Crippen LogP contribution in [-0.4, -0.2) is 0 Å². The molecule has 1 saturated carbocycles. The van der Waals surface area contributed by atoms with Crippen LogP contribution in [0.2, 0.25) is 0 Å². The Bertz CT molecular complexity index is 397. The highest BCUT2D eigenvalue weighted by atomic mass is 14.4. The molecule has 0 radical (unpaired) electrons. The van der Waals surface area contributed by atoms with Gasteiger partial charge in [-0.25, -0.2) is 0 Å². The molecule has 2 aliphatic rings. The smallest absolute Gasteiger partial charge is 0.0159 e. The van der Waals surface area contributed by atoms with Crippen molar-refractivity contribution in [1.29, 1.82) is 0 Å². The van der Waals surface area contributed by atoms with Crippen LogP contribution < -0.4 is 0 Å². The molecule has 2 bridgehead atoms. The molecule has 2 aliphatic carbocycles. The first-order valence-corrected chi connectivity index (χ1v) is 5.87. The molecule has 15 heavy (non-hydrogen) atoms. The molecule has 0 aliphatic heterocycles. The minimum absolute atomic E-state index is 0.870. The Kier molecular flexibility index (Phi) is 2.21. The third-order valence-corrected chi connectivity index (χ3v) is 3.64.